The molecule has 85 heavy (non-hydrogen) atoms. The fraction of sp³-hybridized carbons (Fsp3) is 0.939. The third-order valence-electron chi connectivity index (χ3n) is 15.4. The SMILES string of the molecule is CCC(C)CCCCCCCCC(=O)O[C@H](COC(=O)CCCCCCCCCCCCCCC(C)C)COP(=O)(O)OC[C@@H](O)COP(=O)(O)OC[C@@H](COC(=O)CCCCCCCCC(C)C)OC(=O)CCCCCCCCCCC(C)C. The van der Waals surface area contributed by atoms with Crippen molar-refractivity contribution in [2.45, 2.75) is 337 Å². The van der Waals surface area contributed by atoms with E-state index in [-0.39, 0.29) is 25.7 Å². The molecule has 17 nitrogen and oxygen atoms in total. The second-order valence-corrected chi connectivity index (χ2v) is 28.4. The molecule has 3 N–H and O–H groups in total. The molecule has 0 aliphatic carbocycles. The third-order valence-corrected chi connectivity index (χ3v) is 17.3. The summed E-state index contributed by atoms with van der Waals surface area (Å²) in [7, 11) is -9.89. The zero-order valence-electron chi connectivity index (χ0n) is 55.2. The van der Waals surface area contributed by atoms with Gasteiger partial charge >= 0.3 is 39.5 Å². The van der Waals surface area contributed by atoms with Crippen molar-refractivity contribution in [3.05, 3.63) is 0 Å². The standard InChI is InChI=1S/C66H128O17P2/c1-9-59(8)45-37-29-23-25-33-41-49-66(71)83-62(52-76-63(68)46-38-30-20-15-13-11-10-12-14-18-26-34-42-56(2)3)55-81-85(74,75)79-51-60(67)50-78-84(72,73)80-54-61(53-77-64(69)47-39-31-24-22-28-36-44-58(6)7)82-65(70)48-40-32-21-17-16-19-27-35-43-57(4)5/h56-62,67H,9-55H2,1-8H3,(H,72,73)(H,74,75)/t59?,60-,61+,62+/m0/s1. The van der Waals surface area contributed by atoms with Crippen molar-refractivity contribution < 1.29 is 80.2 Å². The van der Waals surface area contributed by atoms with Crippen LogP contribution in [0, 0.1) is 23.7 Å². The Balaban J connectivity index is 5.22. The van der Waals surface area contributed by atoms with Gasteiger partial charge in [-0.15, -0.1) is 0 Å². The Kier molecular flexibility index (Phi) is 54.8. The summed E-state index contributed by atoms with van der Waals surface area (Å²) in [6.45, 7) is 13.9. The lowest BCUT2D eigenvalue weighted by Crippen LogP contribution is -2.30. The van der Waals surface area contributed by atoms with Gasteiger partial charge in [-0.05, 0) is 49.4 Å². The molecule has 0 fully saturated rings. The van der Waals surface area contributed by atoms with Crippen LogP contribution in [-0.4, -0.2) is 96.7 Å². The van der Waals surface area contributed by atoms with Crippen LogP contribution in [0.4, 0.5) is 0 Å². The number of esters is 4. The summed E-state index contributed by atoms with van der Waals surface area (Å²) in [4.78, 5) is 72.3. The quantitative estimate of drug-likeness (QED) is 0.0222. The molecule has 0 bridgehead atoms. The van der Waals surface area contributed by atoms with Crippen molar-refractivity contribution in [1.82, 2.24) is 0 Å². The topological polar surface area (TPSA) is 237 Å². The van der Waals surface area contributed by atoms with E-state index in [0.717, 1.165) is 114 Å². The number of phosphoric acid groups is 2. The Morgan fingerprint density at radius 2 is 0.565 bits per heavy atom. The van der Waals surface area contributed by atoms with Crippen LogP contribution >= 0.6 is 15.6 Å². The summed E-state index contributed by atoms with van der Waals surface area (Å²) in [5.41, 5.74) is 0. The average Bonchev–Trinajstić information content (AvgIpc) is 3.55. The van der Waals surface area contributed by atoms with Crippen molar-refractivity contribution >= 4 is 39.5 Å². The molecule has 6 atom stereocenters. The Morgan fingerprint density at radius 1 is 0.329 bits per heavy atom. The zero-order chi connectivity index (χ0) is 63.2. The Bertz CT molecular complexity index is 1700. The molecule has 0 saturated heterocycles. The minimum absolute atomic E-state index is 0.102. The number of rotatable bonds is 63. The highest BCUT2D eigenvalue weighted by atomic mass is 31.2. The van der Waals surface area contributed by atoms with Crippen molar-refractivity contribution in [1.29, 1.82) is 0 Å². The predicted molar refractivity (Wildman–Crippen MR) is 340 cm³/mol. The van der Waals surface area contributed by atoms with Gasteiger partial charge in [0.25, 0.3) is 0 Å². The van der Waals surface area contributed by atoms with E-state index in [2.05, 4.69) is 55.4 Å². The lowest BCUT2D eigenvalue weighted by Gasteiger charge is -2.21. The maximum Gasteiger partial charge on any atom is 0.472 e. The number of carbonyl (C=O) groups excluding carboxylic acids is 4. The molecule has 0 radical (unpaired) electrons. The van der Waals surface area contributed by atoms with E-state index in [1.165, 1.54) is 116 Å². The molecule has 0 aliphatic heterocycles. The monoisotopic (exact) mass is 1250 g/mol. The molecule has 0 aromatic carbocycles. The summed E-state index contributed by atoms with van der Waals surface area (Å²) in [6, 6.07) is 0. The molecule has 0 aromatic heterocycles. The van der Waals surface area contributed by atoms with Gasteiger partial charge in [0.05, 0.1) is 26.4 Å². The second kappa shape index (κ2) is 56.1. The third kappa shape index (κ3) is 59.5. The van der Waals surface area contributed by atoms with Crippen LogP contribution in [0.15, 0.2) is 0 Å². The Morgan fingerprint density at radius 3 is 0.835 bits per heavy atom. The largest absolute Gasteiger partial charge is 0.472 e. The smallest absolute Gasteiger partial charge is 0.462 e. The maximum absolute atomic E-state index is 13.0. The van der Waals surface area contributed by atoms with Crippen molar-refractivity contribution in [3.8, 4) is 0 Å². The van der Waals surface area contributed by atoms with Crippen LogP contribution in [0.2, 0.25) is 0 Å². The van der Waals surface area contributed by atoms with Crippen molar-refractivity contribution in [2.75, 3.05) is 39.6 Å². The first-order valence-electron chi connectivity index (χ1n) is 34.2. The normalized spacial score (nSPS) is 14.7. The number of ether oxygens (including phenoxy) is 4. The van der Waals surface area contributed by atoms with Gasteiger partial charge in [-0.2, -0.15) is 0 Å². The van der Waals surface area contributed by atoms with E-state index in [4.69, 9.17) is 37.0 Å². The molecule has 0 saturated carbocycles. The molecular formula is C66H128O17P2. The molecule has 0 aromatic rings. The molecule has 0 aliphatic rings. The van der Waals surface area contributed by atoms with Gasteiger partial charge in [0, 0.05) is 25.7 Å². The average molecular weight is 1260 g/mol. The Hall–Kier alpha value is -1.94. The highest BCUT2D eigenvalue weighted by Gasteiger charge is 2.30. The molecule has 3 unspecified atom stereocenters. The minimum atomic E-state index is -4.95. The highest BCUT2D eigenvalue weighted by Crippen LogP contribution is 2.45. The van der Waals surface area contributed by atoms with Gasteiger partial charge < -0.3 is 33.8 Å². The highest BCUT2D eigenvalue weighted by molar-refractivity contribution is 7.47. The van der Waals surface area contributed by atoms with Gasteiger partial charge in [-0.1, -0.05) is 267 Å². The number of phosphoric ester groups is 2. The number of unbranched alkanes of at least 4 members (excludes halogenated alkanes) is 28. The number of aliphatic hydroxyl groups is 1. The summed E-state index contributed by atoms with van der Waals surface area (Å²) in [5, 5.41) is 10.5. The molecule has 504 valence electrons. The predicted octanol–water partition coefficient (Wildman–Crippen LogP) is 18.1. The van der Waals surface area contributed by atoms with Gasteiger partial charge in [0.15, 0.2) is 12.2 Å². The van der Waals surface area contributed by atoms with E-state index in [9.17, 15) is 43.2 Å². The second-order valence-electron chi connectivity index (χ2n) is 25.5. The van der Waals surface area contributed by atoms with Crippen LogP contribution in [0.5, 0.6) is 0 Å². The molecule has 0 heterocycles. The Labute approximate surface area is 517 Å². The van der Waals surface area contributed by atoms with Gasteiger partial charge in [0.1, 0.15) is 19.3 Å². The summed E-state index contributed by atoms with van der Waals surface area (Å²) >= 11 is 0. The van der Waals surface area contributed by atoms with E-state index in [1.54, 1.807) is 0 Å². The first-order valence-corrected chi connectivity index (χ1v) is 37.2. The summed E-state index contributed by atoms with van der Waals surface area (Å²) in [6.07, 6.45) is 36.4. The summed E-state index contributed by atoms with van der Waals surface area (Å²) in [5.74, 6) is 0.759. The van der Waals surface area contributed by atoms with Crippen LogP contribution in [0.3, 0.4) is 0 Å². The van der Waals surface area contributed by atoms with Gasteiger partial charge in [0.2, 0.25) is 0 Å². The first kappa shape index (κ1) is 83.1. The molecule has 0 rings (SSSR count). The number of carbonyl (C=O) groups is 4. The molecule has 0 amide bonds. The number of hydrogen-bond donors (Lipinski definition) is 3. The van der Waals surface area contributed by atoms with Crippen LogP contribution in [0.25, 0.3) is 0 Å². The molecule has 0 spiro atoms. The fourth-order valence-corrected chi connectivity index (χ4v) is 11.3. The van der Waals surface area contributed by atoms with Gasteiger partial charge in [-0.3, -0.25) is 37.3 Å². The fourth-order valence-electron chi connectivity index (χ4n) is 9.75. The lowest BCUT2D eigenvalue weighted by atomic mass is 10.00. The van der Waals surface area contributed by atoms with E-state index >= 15 is 0 Å². The molecule has 19 heteroatoms. The van der Waals surface area contributed by atoms with E-state index in [1.807, 2.05) is 0 Å². The van der Waals surface area contributed by atoms with Crippen LogP contribution in [-0.2, 0) is 65.4 Å². The molecular weight excluding hydrogens is 1130 g/mol. The lowest BCUT2D eigenvalue weighted by molar-refractivity contribution is -0.161. The number of aliphatic hydroxyl groups excluding tert-OH is 1. The first-order chi connectivity index (χ1) is 40.6. The minimum Gasteiger partial charge on any atom is -0.462 e. The van der Waals surface area contributed by atoms with Crippen molar-refractivity contribution in [3.63, 3.8) is 0 Å². The number of hydrogen-bond acceptors (Lipinski definition) is 15. The maximum atomic E-state index is 13.0. The zero-order valence-corrected chi connectivity index (χ0v) is 57.0. The van der Waals surface area contributed by atoms with Crippen LogP contribution in [0.1, 0.15) is 319 Å². The van der Waals surface area contributed by atoms with Crippen molar-refractivity contribution in [2.24, 2.45) is 23.7 Å². The van der Waals surface area contributed by atoms with E-state index in [0.29, 0.717) is 31.6 Å². The van der Waals surface area contributed by atoms with Gasteiger partial charge in [-0.25, -0.2) is 9.13 Å². The van der Waals surface area contributed by atoms with Crippen LogP contribution < -0.4 is 0 Å². The summed E-state index contributed by atoms with van der Waals surface area (Å²) < 4.78 is 68.0. The van der Waals surface area contributed by atoms with E-state index < -0.39 is 97.5 Å².